The van der Waals surface area contributed by atoms with Gasteiger partial charge < -0.3 is 9.42 Å². The van der Waals surface area contributed by atoms with Gasteiger partial charge in [-0.2, -0.15) is 0 Å². The summed E-state index contributed by atoms with van der Waals surface area (Å²) in [5.74, 6) is 0.817. The molecule has 1 unspecified atom stereocenters. The largest absolute Gasteiger partial charge is 0.443 e. The highest BCUT2D eigenvalue weighted by atomic mass is 31.2. The zero-order chi connectivity index (χ0) is 25.5. The van der Waals surface area contributed by atoms with Gasteiger partial charge in [0.05, 0.1) is 0 Å². The van der Waals surface area contributed by atoms with Gasteiger partial charge in [0.2, 0.25) is 0 Å². The lowest BCUT2D eigenvalue weighted by molar-refractivity contribution is 0.459. The van der Waals surface area contributed by atoms with Crippen molar-refractivity contribution < 1.29 is 9.42 Å². The lowest BCUT2D eigenvalue weighted by atomic mass is 9.78. The number of hydrogen-bond acceptors (Lipinski definition) is 2. The fraction of sp³-hybridized carbons (Fsp3) is 0.419. The van der Waals surface area contributed by atoms with Crippen LogP contribution in [0.5, 0.6) is 5.75 Å². The highest BCUT2D eigenvalue weighted by Gasteiger charge is 2.30. The average Bonchev–Trinajstić information content (AvgIpc) is 2.72. The molecule has 3 aromatic rings. The van der Waals surface area contributed by atoms with Crippen LogP contribution in [0.15, 0.2) is 60.7 Å². The van der Waals surface area contributed by atoms with Crippen LogP contribution in [0.4, 0.5) is 0 Å². The molecule has 0 radical (unpaired) electrons. The third-order valence-electron chi connectivity index (χ3n) is 6.20. The predicted molar refractivity (Wildman–Crippen MR) is 149 cm³/mol. The quantitative estimate of drug-likeness (QED) is 0.382. The Hall–Kier alpha value is -2.15. The van der Waals surface area contributed by atoms with Crippen molar-refractivity contribution in [3.8, 4) is 16.9 Å². The van der Waals surface area contributed by atoms with Crippen LogP contribution < -0.4 is 9.83 Å². The van der Waals surface area contributed by atoms with E-state index in [1.165, 1.54) is 11.1 Å². The standard InChI is InChI=1S/C31H41O2P/c1-21-19-25(30(5,6)7)28(26(20-21)31(8,9)10)33-34(32)27-14-12-11-13-24(27)22-15-17-23(18-16-22)29(2,3)4/h11-20,32H,1-10H3. The SMILES string of the molecule is Cc1cc(C(C)(C)C)c(OP(O)c2ccccc2-c2ccc(C(C)(C)C)cc2)c(C(C)(C)C)c1. The van der Waals surface area contributed by atoms with E-state index < -0.39 is 8.38 Å². The van der Waals surface area contributed by atoms with E-state index in [-0.39, 0.29) is 16.2 Å². The molecule has 0 aliphatic carbocycles. The smallest absolute Gasteiger partial charge is 0.262 e. The second-order valence-corrected chi connectivity index (χ2v) is 13.6. The minimum Gasteiger partial charge on any atom is -0.443 e. The van der Waals surface area contributed by atoms with Crippen LogP contribution in [0, 0.1) is 6.92 Å². The van der Waals surface area contributed by atoms with E-state index in [1.54, 1.807) is 0 Å². The summed E-state index contributed by atoms with van der Waals surface area (Å²) in [5.41, 5.74) is 6.74. The Bertz CT molecular complexity index is 1100. The highest BCUT2D eigenvalue weighted by molar-refractivity contribution is 7.55. The number of rotatable bonds is 4. The monoisotopic (exact) mass is 476 g/mol. The van der Waals surface area contributed by atoms with Crippen molar-refractivity contribution in [1.82, 2.24) is 0 Å². The van der Waals surface area contributed by atoms with Crippen LogP contribution in [0.3, 0.4) is 0 Å². The van der Waals surface area contributed by atoms with Gasteiger partial charge >= 0.3 is 0 Å². The van der Waals surface area contributed by atoms with Gasteiger partial charge in [-0.25, -0.2) is 0 Å². The molecule has 1 N–H and O–H groups in total. The van der Waals surface area contributed by atoms with Gasteiger partial charge in [0.1, 0.15) is 5.75 Å². The Kier molecular flexibility index (Phi) is 7.38. The maximum Gasteiger partial charge on any atom is 0.262 e. The highest BCUT2D eigenvalue weighted by Crippen LogP contribution is 2.46. The Morgan fingerprint density at radius 2 is 1.18 bits per heavy atom. The van der Waals surface area contributed by atoms with Gasteiger partial charge in [-0.15, -0.1) is 0 Å². The second-order valence-electron chi connectivity index (χ2n) is 12.4. The summed E-state index contributed by atoms with van der Waals surface area (Å²) in [6.45, 7) is 22.0. The van der Waals surface area contributed by atoms with Gasteiger partial charge in [-0.3, -0.25) is 0 Å². The first-order valence-corrected chi connectivity index (χ1v) is 13.3. The van der Waals surface area contributed by atoms with Gasteiger partial charge in [0, 0.05) is 16.4 Å². The number of aryl methyl sites for hydroxylation is 1. The lowest BCUT2D eigenvalue weighted by Gasteiger charge is -2.31. The fourth-order valence-electron chi connectivity index (χ4n) is 4.16. The van der Waals surface area contributed by atoms with E-state index in [4.69, 9.17) is 4.52 Å². The summed E-state index contributed by atoms with van der Waals surface area (Å²) in [6.07, 6.45) is 0. The zero-order valence-corrected chi connectivity index (χ0v) is 23.5. The molecule has 3 rings (SSSR count). The fourth-order valence-corrected chi connectivity index (χ4v) is 5.25. The molecule has 0 saturated heterocycles. The van der Waals surface area contributed by atoms with E-state index >= 15 is 0 Å². The molecule has 0 heterocycles. The first-order chi connectivity index (χ1) is 15.6. The molecule has 0 aliphatic rings. The summed E-state index contributed by atoms with van der Waals surface area (Å²) in [6, 6.07) is 21.1. The average molecular weight is 477 g/mol. The van der Waals surface area contributed by atoms with Crippen molar-refractivity contribution in [2.75, 3.05) is 0 Å². The minimum absolute atomic E-state index is 0.100. The van der Waals surface area contributed by atoms with Gasteiger partial charge in [0.15, 0.2) is 0 Å². The molecule has 0 aliphatic heterocycles. The molecule has 0 bridgehead atoms. The van der Waals surface area contributed by atoms with E-state index in [1.807, 2.05) is 18.2 Å². The normalized spacial score (nSPS) is 13.6. The molecule has 0 saturated carbocycles. The molecular weight excluding hydrogens is 435 g/mol. The van der Waals surface area contributed by atoms with Crippen molar-refractivity contribution in [2.45, 2.75) is 85.5 Å². The summed E-state index contributed by atoms with van der Waals surface area (Å²) in [7, 11) is -1.86. The molecule has 1 atom stereocenters. The number of benzene rings is 3. The predicted octanol–water partition coefficient (Wildman–Crippen LogP) is 8.56. The van der Waals surface area contributed by atoms with Crippen LogP contribution in [0.1, 0.15) is 84.6 Å². The third kappa shape index (κ3) is 5.91. The minimum atomic E-state index is -1.86. The molecule has 34 heavy (non-hydrogen) atoms. The summed E-state index contributed by atoms with van der Waals surface area (Å²) in [5, 5.41) is 0.835. The van der Waals surface area contributed by atoms with Crippen LogP contribution >= 0.6 is 8.38 Å². The molecular formula is C31H41O2P. The summed E-state index contributed by atoms with van der Waals surface area (Å²) >= 11 is 0. The van der Waals surface area contributed by atoms with Crippen molar-refractivity contribution in [1.29, 1.82) is 0 Å². The molecule has 0 aromatic heterocycles. The Balaban J connectivity index is 2.08. The molecule has 2 nitrogen and oxygen atoms in total. The van der Waals surface area contributed by atoms with E-state index in [0.717, 1.165) is 33.3 Å². The van der Waals surface area contributed by atoms with Crippen LogP contribution in [0.2, 0.25) is 0 Å². The van der Waals surface area contributed by atoms with Crippen LogP contribution in [-0.4, -0.2) is 4.89 Å². The third-order valence-corrected chi connectivity index (χ3v) is 7.36. The Labute approximate surface area is 208 Å². The molecule has 182 valence electrons. The topological polar surface area (TPSA) is 29.5 Å². The molecule has 3 heteroatoms. The van der Waals surface area contributed by atoms with Crippen molar-refractivity contribution in [3.05, 3.63) is 82.9 Å². The van der Waals surface area contributed by atoms with Crippen LogP contribution in [-0.2, 0) is 16.2 Å². The molecule has 0 fully saturated rings. The summed E-state index contributed by atoms with van der Waals surface area (Å²) in [4.78, 5) is 11.5. The zero-order valence-electron chi connectivity index (χ0n) is 22.6. The van der Waals surface area contributed by atoms with Gasteiger partial charge in [0.25, 0.3) is 8.38 Å². The maximum atomic E-state index is 11.5. The second kappa shape index (κ2) is 9.48. The van der Waals surface area contributed by atoms with Crippen molar-refractivity contribution in [3.63, 3.8) is 0 Å². The van der Waals surface area contributed by atoms with Gasteiger partial charge in [-0.1, -0.05) is 122 Å². The summed E-state index contributed by atoms with van der Waals surface area (Å²) < 4.78 is 6.53. The van der Waals surface area contributed by atoms with Crippen LogP contribution in [0.25, 0.3) is 11.1 Å². The first kappa shape index (κ1) is 26.5. The van der Waals surface area contributed by atoms with E-state index in [0.29, 0.717) is 0 Å². The maximum absolute atomic E-state index is 11.5. The Morgan fingerprint density at radius 1 is 0.676 bits per heavy atom. The number of hydrogen-bond donors (Lipinski definition) is 1. The van der Waals surface area contributed by atoms with E-state index in [9.17, 15) is 4.89 Å². The van der Waals surface area contributed by atoms with E-state index in [2.05, 4.69) is 112 Å². The van der Waals surface area contributed by atoms with Crippen molar-refractivity contribution >= 4 is 13.7 Å². The molecule has 0 amide bonds. The molecule has 0 spiro atoms. The molecule has 3 aromatic carbocycles. The van der Waals surface area contributed by atoms with Crippen molar-refractivity contribution in [2.24, 2.45) is 0 Å². The van der Waals surface area contributed by atoms with Gasteiger partial charge in [-0.05, 0) is 45.9 Å². The lowest BCUT2D eigenvalue weighted by Crippen LogP contribution is -2.20. The first-order valence-electron chi connectivity index (χ1n) is 12.1. The Morgan fingerprint density at radius 3 is 1.65 bits per heavy atom.